The molecule has 2 aromatic carbocycles. The Balaban J connectivity index is 2.44. The van der Waals surface area contributed by atoms with Crippen molar-refractivity contribution >= 4 is 45.4 Å². The average Bonchev–Trinajstić information content (AvgIpc) is 3.02. The molecule has 2 aromatic rings. The van der Waals surface area contributed by atoms with Crippen molar-refractivity contribution in [3.05, 3.63) is 57.9 Å². The monoisotopic (exact) mass is 616 g/mol. The van der Waals surface area contributed by atoms with Gasteiger partial charge in [-0.05, 0) is 36.4 Å². The Morgan fingerprint density at radius 1 is 0.590 bits per heavy atom. The van der Waals surface area contributed by atoms with Gasteiger partial charge in [-0.1, -0.05) is 23.2 Å². The van der Waals surface area contributed by atoms with Crippen molar-refractivity contribution in [2.75, 3.05) is 0 Å². The lowest BCUT2D eigenvalue weighted by Crippen LogP contribution is -2.51. The summed E-state index contributed by atoms with van der Waals surface area (Å²) in [5, 5.41) is -0.689. The summed E-state index contributed by atoms with van der Waals surface area (Å²) in [6, 6.07) is 4.51. The van der Waals surface area contributed by atoms with Crippen molar-refractivity contribution in [3.8, 4) is 11.5 Å². The number of hydrogen-bond acceptors (Lipinski definition) is 4. The molecule has 0 aliphatic carbocycles. The van der Waals surface area contributed by atoms with Gasteiger partial charge in [-0.2, -0.15) is 48.3 Å². The van der Waals surface area contributed by atoms with E-state index in [0.717, 1.165) is 24.3 Å². The number of alkyl halides is 12. The molecule has 0 aromatic heterocycles. The molecule has 18 heteroatoms. The Hall–Kier alpha value is -3.14. The van der Waals surface area contributed by atoms with E-state index in [4.69, 9.17) is 27.6 Å². The number of hydrogen-bond donors (Lipinski definition) is 0. The van der Waals surface area contributed by atoms with Gasteiger partial charge >= 0.3 is 30.1 Å². The van der Waals surface area contributed by atoms with E-state index in [1.807, 2.05) is 0 Å². The molecule has 0 saturated heterocycles. The Morgan fingerprint density at radius 3 is 1.51 bits per heavy atom. The van der Waals surface area contributed by atoms with Crippen LogP contribution in [0.1, 0.15) is 11.5 Å². The molecule has 0 saturated carbocycles. The van der Waals surface area contributed by atoms with Crippen LogP contribution >= 0.6 is 23.2 Å². The second kappa shape index (κ2) is 8.94. The third-order valence-electron chi connectivity index (χ3n) is 5.14. The molecule has 0 N–H and O–H groups in total. The van der Waals surface area contributed by atoms with E-state index in [1.165, 1.54) is 0 Å². The number of rotatable bonds is 2. The molecule has 0 spiro atoms. The molecule has 210 valence electrons. The van der Waals surface area contributed by atoms with Gasteiger partial charge in [-0.25, -0.2) is 14.4 Å². The lowest BCUT2D eigenvalue weighted by molar-refractivity contribution is -0.349. The van der Waals surface area contributed by atoms with Crippen LogP contribution in [0.2, 0.25) is 10.0 Å². The number of halogens is 14. The zero-order valence-electron chi connectivity index (χ0n) is 18.0. The van der Waals surface area contributed by atoms with Crippen LogP contribution in [-0.4, -0.2) is 28.5 Å². The highest BCUT2D eigenvalue weighted by Crippen LogP contribution is 2.57. The highest BCUT2D eigenvalue weighted by molar-refractivity contribution is 6.31. The van der Waals surface area contributed by atoms with Crippen molar-refractivity contribution in [3.63, 3.8) is 0 Å². The summed E-state index contributed by atoms with van der Waals surface area (Å²) in [7, 11) is 0. The molecule has 4 rings (SSSR count). The second-order valence-electron chi connectivity index (χ2n) is 7.74. The van der Waals surface area contributed by atoms with Crippen LogP contribution in [0.5, 0.6) is 0 Å². The normalized spacial score (nSPS) is 13.9. The minimum atomic E-state index is -7.02. The van der Waals surface area contributed by atoms with E-state index in [9.17, 15) is 48.3 Å². The van der Waals surface area contributed by atoms with Crippen LogP contribution in [0.15, 0.2) is 45.2 Å². The molecule has 0 fully saturated rings. The molecule has 0 bridgehead atoms. The highest BCUT2D eigenvalue weighted by Gasteiger charge is 2.76. The van der Waals surface area contributed by atoms with Crippen molar-refractivity contribution in [1.29, 1.82) is 0 Å². The van der Waals surface area contributed by atoms with Crippen LogP contribution in [0, 0.1) is 0 Å². The van der Waals surface area contributed by atoms with Crippen molar-refractivity contribution in [1.82, 2.24) is 9.97 Å². The average molecular weight is 617 g/mol. The largest absolute Gasteiger partial charge is 0.461 e. The van der Waals surface area contributed by atoms with Gasteiger partial charge < -0.3 is 8.83 Å². The zero-order chi connectivity index (χ0) is 29.3. The Morgan fingerprint density at radius 2 is 1.05 bits per heavy atom. The van der Waals surface area contributed by atoms with Crippen LogP contribution in [0.3, 0.4) is 0 Å². The SMILES string of the molecule is FC(F)(F)C(F)(F)c1oc2ccc(Cl)cc2nc2oc3ccc(Cl)cc3nc(C(F)(C(F)(F)F)C(F)(F)F)c1-2. The van der Waals surface area contributed by atoms with Crippen molar-refractivity contribution < 1.29 is 61.5 Å². The van der Waals surface area contributed by atoms with Crippen molar-refractivity contribution in [2.24, 2.45) is 0 Å². The van der Waals surface area contributed by atoms with Crippen LogP contribution in [0.4, 0.5) is 52.7 Å². The topological polar surface area (TPSA) is 52.1 Å². The predicted molar refractivity (Wildman–Crippen MR) is 111 cm³/mol. The molecule has 0 unspecified atom stereocenters. The van der Waals surface area contributed by atoms with E-state index in [-0.39, 0.29) is 5.02 Å². The fraction of sp³-hybridized carbons (Fsp3) is 0.238. The second-order valence-corrected chi connectivity index (χ2v) is 8.61. The Kier molecular flexibility index (Phi) is 6.62. The standard InChI is InChI=1S/C21H6Cl2F12N2O2/c22-7-2-4-12-9(5-7)36-14(17(24,19(27,28)29)20(30,31)32)13-15(18(25,26)21(33,34)35)38-11-3-1-8(23)6-10(11)37-16(13)39-12/h1-6H. The predicted octanol–water partition coefficient (Wildman–Crippen LogP) is 9.45. The van der Waals surface area contributed by atoms with E-state index >= 15 is 4.39 Å². The lowest BCUT2D eigenvalue weighted by Gasteiger charge is -2.30. The molecule has 0 atom stereocenters. The van der Waals surface area contributed by atoms with Crippen LogP contribution in [-0.2, 0) is 11.6 Å². The third-order valence-corrected chi connectivity index (χ3v) is 5.61. The molecular weight excluding hydrogens is 611 g/mol. The van der Waals surface area contributed by atoms with Crippen LogP contribution in [0.25, 0.3) is 33.7 Å². The lowest BCUT2D eigenvalue weighted by atomic mass is 9.93. The Bertz CT molecular complexity index is 1590. The molecule has 0 amide bonds. The molecular formula is C21H6Cl2F12N2O2. The summed E-state index contributed by atoms with van der Waals surface area (Å²) in [5.74, 6) is -11.0. The maximum atomic E-state index is 15.5. The smallest absolute Gasteiger partial charge is 0.452 e. The van der Waals surface area contributed by atoms with E-state index in [1.54, 1.807) is 0 Å². The summed E-state index contributed by atoms with van der Waals surface area (Å²) < 4.78 is 178. The van der Waals surface area contributed by atoms with Gasteiger partial charge in [0.05, 0.1) is 0 Å². The molecule has 2 aliphatic rings. The van der Waals surface area contributed by atoms with Gasteiger partial charge in [0.1, 0.15) is 22.3 Å². The molecule has 2 aliphatic heterocycles. The number of fused-ring (bicyclic) bond motifs is 3. The molecule has 4 nitrogen and oxygen atoms in total. The fourth-order valence-electron chi connectivity index (χ4n) is 3.34. The summed E-state index contributed by atoms with van der Waals surface area (Å²) >= 11 is 11.4. The summed E-state index contributed by atoms with van der Waals surface area (Å²) in [5.41, 5.74) is -15.9. The highest BCUT2D eigenvalue weighted by atomic mass is 35.5. The third kappa shape index (κ3) is 4.66. The summed E-state index contributed by atoms with van der Waals surface area (Å²) in [6.07, 6.45) is -20.7. The van der Waals surface area contributed by atoms with Crippen molar-refractivity contribution in [2.45, 2.75) is 30.1 Å². The van der Waals surface area contributed by atoms with Gasteiger partial charge in [-0.15, -0.1) is 0 Å². The van der Waals surface area contributed by atoms with E-state index in [0.29, 0.717) is 12.1 Å². The first-order chi connectivity index (χ1) is 17.7. The molecule has 2 heterocycles. The van der Waals surface area contributed by atoms with Gasteiger partial charge in [-0.3, -0.25) is 0 Å². The van der Waals surface area contributed by atoms with Gasteiger partial charge in [0.2, 0.25) is 5.89 Å². The first-order valence-corrected chi connectivity index (χ1v) is 10.6. The van der Waals surface area contributed by atoms with E-state index in [2.05, 4.69) is 14.4 Å². The zero-order valence-corrected chi connectivity index (χ0v) is 19.5. The maximum absolute atomic E-state index is 15.5. The number of benzene rings is 2. The number of nitrogens with zero attached hydrogens (tertiary/aromatic N) is 2. The minimum Gasteiger partial charge on any atom is -0.452 e. The first-order valence-electron chi connectivity index (χ1n) is 9.83. The van der Waals surface area contributed by atoms with Gasteiger partial charge in [0.25, 0.3) is 0 Å². The molecule has 39 heavy (non-hydrogen) atoms. The summed E-state index contributed by atoms with van der Waals surface area (Å²) in [4.78, 5) is 6.39. The Labute approximate surface area is 216 Å². The summed E-state index contributed by atoms with van der Waals surface area (Å²) in [6.45, 7) is 0. The van der Waals surface area contributed by atoms with Gasteiger partial charge in [0.15, 0.2) is 16.9 Å². The molecule has 0 radical (unpaired) electrons. The first kappa shape index (κ1) is 28.9. The maximum Gasteiger partial charge on any atom is 0.461 e. The van der Waals surface area contributed by atoms with Gasteiger partial charge in [0, 0.05) is 10.0 Å². The fourth-order valence-corrected chi connectivity index (χ4v) is 3.68. The quantitative estimate of drug-likeness (QED) is 0.211. The minimum absolute atomic E-state index is 0.269. The van der Waals surface area contributed by atoms with Crippen LogP contribution < -0.4 is 0 Å². The van der Waals surface area contributed by atoms with E-state index < -0.39 is 80.3 Å². The number of aromatic nitrogens is 2.